The fourth-order valence-electron chi connectivity index (χ4n) is 2.39. The van der Waals surface area contributed by atoms with Gasteiger partial charge in [0.15, 0.2) is 0 Å². The van der Waals surface area contributed by atoms with Gasteiger partial charge in [0.25, 0.3) is 0 Å². The third-order valence-corrected chi connectivity index (χ3v) is 4.64. The third-order valence-electron chi connectivity index (χ3n) is 3.40. The number of hydrogen-bond acceptors (Lipinski definition) is 4. The minimum atomic E-state index is -1.17. The Balaban J connectivity index is 2.37. The number of hydrogen-bond donors (Lipinski definition) is 4. The van der Waals surface area contributed by atoms with E-state index in [1.54, 1.807) is 0 Å². The van der Waals surface area contributed by atoms with Crippen LogP contribution < -0.4 is 16.4 Å². The van der Waals surface area contributed by atoms with Gasteiger partial charge in [0.05, 0.1) is 0 Å². The zero-order valence-electron chi connectivity index (χ0n) is 12.1. The Hall–Kier alpha value is -1.44. The molecule has 0 aromatic carbocycles. The SMILES string of the molecule is CCSC1CCC(NC(=O)NC(CCC(N)=O)C(=O)O)C1. The first-order chi connectivity index (χ1) is 9.92. The van der Waals surface area contributed by atoms with E-state index in [0.717, 1.165) is 25.0 Å². The number of thioether (sulfide) groups is 1. The van der Waals surface area contributed by atoms with Crippen molar-refractivity contribution >= 4 is 29.7 Å². The summed E-state index contributed by atoms with van der Waals surface area (Å²) in [6, 6.07) is -1.52. The average Bonchev–Trinajstić information content (AvgIpc) is 2.81. The number of carbonyl (C=O) groups is 3. The van der Waals surface area contributed by atoms with Gasteiger partial charge in [-0.3, -0.25) is 4.79 Å². The lowest BCUT2D eigenvalue weighted by molar-refractivity contribution is -0.139. The molecule has 21 heavy (non-hydrogen) atoms. The van der Waals surface area contributed by atoms with E-state index in [-0.39, 0.29) is 18.9 Å². The van der Waals surface area contributed by atoms with Crippen LogP contribution in [0.5, 0.6) is 0 Å². The zero-order valence-corrected chi connectivity index (χ0v) is 12.9. The van der Waals surface area contributed by atoms with Crippen molar-refractivity contribution in [3.8, 4) is 0 Å². The maximum absolute atomic E-state index is 11.8. The van der Waals surface area contributed by atoms with Crippen molar-refractivity contribution in [2.24, 2.45) is 5.73 Å². The zero-order chi connectivity index (χ0) is 15.8. The van der Waals surface area contributed by atoms with E-state index in [1.807, 2.05) is 11.8 Å². The van der Waals surface area contributed by atoms with E-state index in [2.05, 4.69) is 17.6 Å². The molecule has 1 aliphatic carbocycles. The highest BCUT2D eigenvalue weighted by Gasteiger charge is 2.27. The summed E-state index contributed by atoms with van der Waals surface area (Å²) in [5.74, 6) is -0.700. The number of carboxylic acids is 1. The van der Waals surface area contributed by atoms with E-state index < -0.39 is 23.9 Å². The van der Waals surface area contributed by atoms with Crippen molar-refractivity contribution < 1.29 is 19.5 Å². The summed E-state index contributed by atoms with van der Waals surface area (Å²) in [5.41, 5.74) is 4.98. The maximum Gasteiger partial charge on any atom is 0.326 e. The molecule has 1 aliphatic rings. The van der Waals surface area contributed by atoms with Crippen LogP contribution in [0.3, 0.4) is 0 Å². The molecule has 1 rings (SSSR count). The number of aliphatic carboxylic acids is 1. The van der Waals surface area contributed by atoms with Crippen molar-refractivity contribution in [1.82, 2.24) is 10.6 Å². The average molecular weight is 317 g/mol. The summed E-state index contributed by atoms with van der Waals surface area (Å²) in [5, 5.41) is 14.7. The van der Waals surface area contributed by atoms with Crippen molar-refractivity contribution in [2.75, 3.05) is 5.75 Å². The Bertz CT molecular complexity index is 392. The Morgan fingerprint density at radius 2 is 2.10 bits per heavy atom. The number of primary amides is 1. The smallest absolute Gasteiger partial charge is 0.326 e. The number of nitrogens with two attached hydrogens (primary N) is 1. The van der Waals surface area contributed by atoms with E-state index >= 15 is 0 Å². The molecule has 0 aromatic rings. The highest BCUT2D eigenvalue weighted by Crippen LogP contribution is 2.29. The molecular weight excluding hydrogens is 294 g/mol. The fourth-order valence-corrected chi connectivity index (χ4v) is 3.53. The summed E-state index contributed by atoms with van der Waals surface area (Å²) in [7, 11) is 0. The summed E-state index contributed by atoms with van der Waals surface area (Å²) in [6.07, 6.45) is 2.80. The predicted molar refractivity (Wildman–Crippen MR) is 81.1 cm³/mol. The second-order valence-electron chi connectivity index (χ2n) is 5.10. The third kappa shape index (κ3) is 6.70. The number of rotatable bonds is 8. The van der Waals surface area contributed by atoms with Gasteiger partial charge in [-0.2, -0.15) is 11.8 Å². The predicted octanol–water partition coefficient (Wildman–Crippen LogP) is 0.679. The molecule has 120 valence electrons. The molecule has 0 spiro atoms. The molecule has 1 fully saturated rings. The molecular formula is C13H23N3O4S. The van der Waals surface area contributed by atoms with Gasteiger partial charge in [0, 0.05) is 17.7 Å². The van der Waals surface area contributed by atoms with Crippen LogP contribution in [0.15, 0.2) is 0 Å². The van der Waals surface area contributed by atoms with Gasteiger partial charge >= 0.3 is 12.0 Å². The molecule has 3 unspecified atom stereocenters. The largest absolute Gasteiger partial charge is 0.480 e. The summed E-state index contributed by atoms with van der Waals surface area (Å²) in [6.45, 7) is 2.11. The van der Waals surface area contributed by atoms with Crippen molar-refractivity contribution in [2.45, 2.75) is 56.4 Å². The minimum absolute atomic E-state index is 0.00291. The van der Waals surface area contributed by atoms with E-state index in [9.17, 15) is 14.4 Å². The number of carboxylic acid groups (broad SMARTS) is 1. The van der Waals surface area contributed by atoms with Gasteiger partial charge in [-0.25, -0.2) is 9.59 Å². The van der Waals surface area contributed by atoms with Crippen molar-refractivity contribution in [3.05, 3.63) is 0 Å². The van der Waals surface area contributed by atoms with Crippen LogP contribution in [0, 0.1) is 0 Å². The number of carbonyl (C=O) groups excluding carboxylic acids is 2. The lowest BCUT2D eigenvalue weighted by Crippen LogP contribution is -2.48. The van der Waals surface area contributed by atoms with Crippen LogP contribution in [0.25, 0.3) is 0 Å². The van der Waals surface area contributed by atoms with Crippen LogP contribution in [0.2, 0.25) is 0 Å². The van der Waals surface area contributed by atoms with Gasteiger partial charge in [-0.05, 0) is 31.4 Å². The van der Waals surface area contributed by atoms with Crippen molar-refractivity contribution in [3.63, 3.8) is 0 Å². The highest BCUT2D eigenvalue weighted by atomic mass is 32.2. The second kappa shape index (κ2) is 8.76. The number of amides is 3. The number of urea groups is 1. The number of nitrogens with one attached hydrogen (secondary N) is 2. The van der Waals surface area contributed by atoms with E-state index in [1.165, 1.54) is 0 Å². The van der Waals surface area contributed by atoms with E-state index in [0.29, 0.717) is 5.25 Å². The molecule has 8 heteroatoms. The Morgan fingerprint density at radius 3 is 2.67 bits per heavy atom. The second-order valence-corrected chi connectivity index (χ2v) is 6.68. The first-order valence-electron chi connectivity index (χ1n) is 7.12. The molecule has 0 bridgehead atoms. The molecule has 0 saturated heterocycles. The standard InChI is InChI=1S/C13H23N3O4S/c1-2-21-9-4-3-8(7-9)15-13(20)16-10(12(18)19)5-6-11(14)17/h8-10H,2-7H2,1H3,(H2,14,17)(H,18,19)(H2,15,16,20). The first-order valence-corrected chi connectivity index (χ1v) is 8.17. The van der Waals surface area contributed by atoms with Crippen LogP contribution in [0.4, 0.5) is 4.79 Å². The van der Waals surface area contributed by atoms with Gasteiger partial charge in [-0.1, -0.05) is 6.92 Å². The van der Waals surface area contributed by atoms with Crippen molar-refractivity contribution in [1.29, 1.82) is 0 Å². The first kappa shape index (κ1) is 17.6. The fraction of sp³-hybridized carbons (Fsp3) is 0.769. The quantitative estimate of drug-likeness (QED) is 0.524. The molecule has 1 saturated carbocycles. The molecule has 7 nitrogen and oxygen atoms in total. The molecule has 0 heterocycles. The summed E-state index contributed by atoms with van der Waals surface area (Å²) >= 11 is 1.88. The van der Waals surface area contributed by atoms with Crippen LogP contribution in [-0.4, -0.2) is 46.1 Å². The summed E-state index contributed by atoms with van der Waals surface area (Å²) < 4.78 is 0. The monoisotopic (exact) mass is 317 g/mol. The van der Waals surface area contributed by atoms with E-state index in [4.69, 9.17) is 10.8 Å². The Morgan fingerprint density at radius 1 is 1.38 bits per heavy atom. The van der Waals surface area contributed by atoms with Gasteiger partial charge in [-0.15, -0.1) is 0 Å². The minimum Gasteiger partial charge on any atom is -0.480 e. The molecule has 3 amide bonds. The lowest BCUT2D eigenvalue weighted by Gasteiger charge is -2.17. The highest BCUT2D eigenvalue weighted by molar-refractivity contribution is 7.99. The van der Waals surface area contributed by atoms with Gasteiger partial charge in [0.2, 0.25) is 5.91 Å². The molecule has 0 aliphatic heterocycles. The van der Waals surface area contributed by atoms with Crippen LogP contribution in [0.1, 0.15) is 39.0 Å². The summed E-state index contributed by atoms with van der Waals surface area (Å²) in [4.78, 5) is 33.5. The molecule has 0 aromatic heterocycles. The lowest BCUT2D eigenvalue weighted by atomic mass is 10.1. The van der Waals surface area contributed by atoms with Crippen LogP contribution >= 0.6 is 11.8 Å². The van der Waals surface area contributed by atoms with Crippen LogP contribution in [-0.2, 0) is 9.59 Å². The Labute approximate surface area is 128 Å². The molecule has 5 N–H and O–H groups in total. The Kier molecular flexibility index (Phi) is 7.35. The molecule has 3 atom stereocenters. The maximum atomic E-state index is 11.8. The normalized spacial score (nSPS) is 22.5. The van der Waals surface area contributed by atoms with Gasteiger partial charge in [0.1, 0.15) is 6.04 Å². The van der Waals surface area contributed by atoms with Gasteiger partial charge < -0.3 is 21.5 Å². The topological polar surface area (TPSA) is 122 Å². The molecule has 0 radical (unpaired) electrons.